The van der Waals surface area contributed by atoms with Gasteiger partial charge < -0.3 is 13.8 Å². The lowest BCUT2D eigenvalue weighted by Gasteiger charge is -2.57. The number of furan rings is 1. The van der Waals surface area contributed by atoms with Crippen molar-refractivity contribution in [1.82, 2.24) is 4.48 Å². The van der Waals surface area contributed by atoms with E-state index in [-0.39, 0.29) is 23.1 Å². The maximum Gasteiger partial charge on any atom is 0.333 e. The number of nitrogens with zero attached hydrogens (tertiary/aromatic N) is 2. The summed E-state index contributed by atoms with van der Waals surface area (Å²) < 4.78 is 10.6. The van der Waals surface area contributed by atoms with Crippen molar-refractivity contribution >= 4 is 89.4 Å². The Balaban J connectivity index is 0.957. The van der Waals surface area contributed by atoms with Gasteiger partial charge in [-0.1, -0.05) is 138 Å². The Labute approximate surface area is 488 Å². The first-order chi connectivity index (χ1) is 40.3. The number of benzene rings is 9. The molecule has 2 aromatic heterocycles. The van der Waals surface area contributed by atoms with Gasteiger partial charge in [0, 0.05) is 54.8 Å². The van der Waals surface area contributed by atoms with Crippen molar-refractivity contribution in [2.75, 3.05) is 4.90 Å². The van der Waals surface area contributed by atoms with Crippen LogP contribution in [0.1, 0.15) is 139 Å². The van der Waals surface area contributed by atoms with Gasteiger partial charge in [0.05, 0.1) is 11.4 Å². The molecule has 8 saturated carbocycles. The minimum Gasteiger partial charge on any atom is -0.454 e. The van der Waals surface area contributed by atoms with E-state index in [0.717, 1.165) is 46.7 Å². The van der Waals surface area contributed by atoms with Gasteiger partial charge in [0.15, 0.2) is 5.58 Å². The van der Waals surface area contributed by atoms with Crippen LogP contribution in [0.25, 0.3) is 87.9 Å². The predicted molar refractivity (Wildman–Crippen MR) is 346 cm³/mol. The van der Waals surface area contributed by atoms with Gasteiger partial charge >= 0.3 is 6.85 Å². The first-order valence-electron chi connectivity index (χ1n) is 32.2. The molecule has 0 amide bonds. The van der Waals surface area contributed by atoms with Gasteiger partial charge in [0.1, 0.15) is 5.58 Å². The molecule has 4 heteroatoms. The molecule has 9 aliphatic carbocycles. The van der Waals surface area contributed by atoms with Crippen LogP contribution in [0.3, 0.4) is 0 Å². The molecular weight excluding hydrogens is 1000 g/mol. The molecule has 11 aliphatic rings. The highest BCUT2D eigenvalue weighted by atomic mass is 16.3. The minimum atomic E-state index is -0.323. The molecule has 0 atom stereocenters. The quantitative estimate of drug-likeness (QED) is 0.164. The predicted octanol–water partition coefficient (Wildman–Crippen LogP) is 19.5. The monoisotopic (exact) mass is 1070 g/mol. The van der Waals surface area contributed by atoms with Gasteiger partial charge in [0.2, 0.25) is 0 Å². The van der Waals surface area contributed by atoms with E-state index in [0.29, 0.717) is 5.41 Å². The van der Waals surface area contributed by atoms with Crippen LogP contribution in [-0.2, 0) is 21.7 Å². The average Bonchev–Trinajstić information content (AvgIpc) is 1.69. The molecule has 9 aromatic carbocycles. The van der Waals surface area contributed by atoms with Crippen LogP contribution in [0, 0.1) is 35.5 Å². The third-order valence-corrected chi connectivity index (χ3v) is 24.3. The summed E-state index contributed by atoms with van der Waals surface area (Å²) >= 11 is 0. The maximum atomic E-state index is 7.65. The maximum absolute atomic E-state index is 7.65. The fraction of sp³-hybridized carbons (Fsp3) is 0.342. The summed E-state index contributed by atoms with van der Waals surface area (Å²) in [5.74, 6) is 5.24. The summed E-state index contributed by atoms with van der Waals surface area (Å²) in [6.07, 6.45) is 16.9. The topological polar surface area (TPSA) is 21.3 Å². The molecule has 0 radical (unpaired) electrons. The Bertz CT molecular complexity index is 4660. The van der Waals surface area contributed by atoms with Gasteiger partial charge in [-0.15, -0.1) is 0 Å². The molecule has 8 bridgehead atoms. The lowest BCUT2D eigenvalue weighted by atomic mass is 9.44. The van der Waals surface area contributed by atoms with Crippen molar-refractivity contribution in [3.63, 3.8) is 0 Å². The second-order valence-electron chi connectivity index (χ2n) is 30.5. The Hall–Kier alpha value is -7.30. The normalized spacial score (nSPS) is 27.1. The molecule has 4 heterocycles. The molecule has 0 saturated heterocycles. The number of rotatable bonds is 4. The highest BCUT2D eigenvalue weighted by molar-refractivity contribution is 6.90. The first-order valence-corrected chi connectivity index (χ1v) is 32.2. The smallest absolute Gasteiger partial charge is 0.333 e. The van der Waals surface area contributed by atoms with Gasteiger partial charge in [-0.3, -0.25) is 0 Å². The zero-order chi connectivity index (χ0) is 54.8. The lowest BCUT2D eigenvalue weighted by Crippen LogP contribution is -2.57. The van der Waals surface area contributed by atoms with Crippen molar-refractivity contribution in [3.05, 3.63) is 186 Å². The Morgan fingerprint density at radius 2 is 1.13 bits per heavy atom. The number of fused-ring (bicyclic) bond motifs is 16. The van der Waals surface area contributed by atoms with Crippen molar-refractivity contribution < 1.29 is 4.42 Å². The Morgan fingerprint density at radius 3 is 1.83 bits per heavy atom. The lowest BCUT2D eigenvalue weighted by molar-refractivity contribution is -0.00527. The molecule has 0 N–H and O–H groups in total. The van der Waals surface area contributed by atoms with E-state index in [1.54, 1.807) is 11.1 Å². The van der Waals surface area contributed by atoms with E-state index >= 15 is 0 Å². The SMILES string of the molecule is CC(C)(C)c1ccc(N2c3c4c(cc5c3C(C)(C)c3ccccc3-5)-c3cc(C56CC7CC(CC(C7)C5)C6)cc5c6cc(C78CC9CC(CC(C9)C7)C8)ccc6n(c35)B4c3ccc4c(oc5cc6ccccc6cc54)c32)c(-c2ccccc2)c1. The van der Waals surface area contributed by atoms with Crippen LogP contribution >= 0.6 is 0 Å². The largest absolute Gasteiger partial charge is 0.454 e. The zero-order valence-electron chi connectivity index (χ0n) is 48.8. The summed E-state index contributed by atoms with van der Waals surface area (Å²) in [4.78, 5) is 2.78. The first kappa shape index (κ1) is 47.1. The molecule has 11 aromatic rings. The number of hydrogen-bond acceptors (Lipinski definition) is 2. The summed E-state index contributed by atoms with van der Waals surface area (Å²) in [6.45, 7) is 12.0. The Kier molecular flexibility index (Phi) is 8.92. The molecule has 0 unspecified atom stereocenters. The second-order valence-corrected chi connectivity index (χ2v) is 30.5. The van der Waals surface area contributed by atoms with Gasteiger partial charge in [-0.2, -0.15) is 0 Å². The van der Waals surface area contributed by atoms with Crippen molar-refractivity contribution in [1.29, 1.82) is 0 Å². The van der Waals surface area contributed by atoms with Gasteiger partial charge in [-0.25, -0.2) is 0 Å². The van der Waals surface area contributed by atoms with Crippen LogP contribution < -0.4 is 15.8 Å². The molecular formula is C79H71BN2O. The average molecular weight is 1080 g/mol. The third-order valence-electron chi connectivity index (χ3n) is 24.3. The molecule has 406 valence electrons. The number of aromatic nitrogens is 1. The zero-order valence-corrected chi connectivity index (χ0v) is 48.8. The van der Waals surface area contributed by atoms with Crippen LogP contribution in [0.5, 0.6) is 0 Å². The summed E-state index contributed by atoms with van der Waals surface area (Å²) in [5, 5.41) is 7.75. The van der Waals surface area contributed by atoms with E-state index in [9.17, 15) is 0 Å². The number of hydrogen-bond donors (Lipinski definition) is 0. The van der Waals surface area contributed by atoms with Crippen LogP contribution in [0.15, 0.2) is 162 Å². The van der Waals surface area contributed by atoms with Crippen LogP contribution in [-0.4, -0.2) is 11.3 Å². The third kappa shape index (κ3) is 6.14. The summed E-state index contributed by atoms with van der Waals surface area (Å²) in [6, 6.07) is 63.1. The van der Waals surface area contributed by atoms with Crippen molar-refractivity contribution in [3.8, 4) is 33.4 Å². The highest BCUT2D eigenvalue weighted by Gasteiger charge is 2.55. The van der Waals surface area contributed by atoms with Crippen molar-refractivity contribution in [2.45, 2.75) is 133 Å². The van der Waals surface area contributed by atoms with E-state index in [2.05, 4.69) is 202 Å². The fourth-order valence-corrected chi connectivity index (χ4v) is 21.7. The van der Waals surface area contributed by atoms with Crippen LogP contribution in [0.2, 0.25) is 0 Å². The van der Waals surface area contributed by atoms with Crippen molar-refractivity contribution in [2.24, 2.45) is 35.5 Å². The minimum absolute atomic E-state index is 0.0632. The second kappa shape index (κ2) is 15.7. The van der Waals surface area contributed by atoms with Gasteiger partial charge in [-0.05, 0) is 255 Å². The summed E-state index contributed by atoms with van der Waals surface area (Å²) in [7, 11) is 0. The highest BCUT2D eigenvalue weighted by Crippen LogP contribution is 2.65. The molecule has 2 aliphatic heterocycles. The van der Waals surface area contributed by atoms with E-state index in [4.69, 9.17) is 4.42 Å². The molecule has 0 spiro atoms. The molecule has 83 heavy (non-hydrogen) atoms. The molecule has 3 nitrogen and oxygen atoms in total. The van der Waals surface area contributed by atoms with E-state index < -0.39 is 0 Å². The Morgan fingerprint density at radius 1 is 0.494 bits per heavy atom. The fourth-order valence-electron chi connectivity index (χ4n) is 21.7. The van der Waals surface area contributed by atoms with Gasteiger partial charge in [0.25, 0.3) is 0 Å². The van der Waals surface area contributed by atoms with E-state index in [1.165, 1.54) is 198 Å². The molecule has 22 rings (SSSR count). The van der Waals surface area contributed by atoms with Crippen LogP contribution in [0.4, 0.5) is 17.1 Å². The standard InChI is InChI=1S/C79H71BN2O/c1-76(2,3)53-19-23-67(58(33-53)50-13-7-6-8-14-50)81-73-66(22-21-57-60-31-51-15-9-10-16-52(51)32-69(60)83-75(57)73)80-71-62(37-61-56-17-11-12-18-65(56)77(4,5)70(61)74(71)81)64-36-55(79-41-47-28-48(42-79)30-49(29-47)43-79)35-63-59-34-54(20-24-68(59)82(80)72(63)64)78-38-44-25-45(39-78)27-46(26-44)40-78/h6-24,31-37,44-49H,25-30,38-43H2,1-5H3. The van der Waals surface area contributed by atoms with E-state index in [1.807, 2.05) is 0 Å². The number of anilines is 3. The summed E-state index contributed by atoms with van der Waals surface area (Å²) in [5.41, 5.74) is 26.8. The molecule has 8 fully saturated rings.